The highest BCUT2D eigenvalue weighted by Crippen LogP contribution is 2.18. The van der Waals surface area contributed by atoms with Gasteiger partial charge in [-0.1, -0.05) is 18.2 Å². The Balaban J connectivity index is 1.80. The summed E-state index contributed by atoms with van der Waals surface area (Å²) in [5.74, 6) is 5.68. The third-order valence-corrected chi connectivity index (χ3v) is 4.09. The second-order valence-corrected chi connectivity index (χ2v) is 5.86. The predicted octanol–water partition coefficient (Wildman–Crippen LogP) is 2.38. The molecule has 6 heteroatoms. The van der Waals surface area contributed by atoms with Crippen LogP contribution in [0.1, 0.15) is 22.4 Å². The number of aryl methyl sites for hydroxylation is 1. The number of rotatable bonds is 5. The lowest BCUT2D eigenvalue weighted by Gasteiger charge is -2.11. The first kappa shape index (κ1) is 13.9. The van der Waals surface area contributed by atoms with Crippen molar-refractivity contribution in [1.29, 1.82) is 0 Å². The van der Waals surface area contributed by atoms with Gasteiger partial charge in [0.25, 0.3) is 0 Å². The molecule has 0 amide bonds. The van der Waals surface area contributed by atoms with Crippen molar-refractivity contribution in [2.45, 2.75) is 19.4 Å². The Labute approximate surface area is 127 Å². The van der Waals surface area contributed by atoms with Crippen LogP contribution in [0.15, 0.2) is 48.0 Å². The highest BCUT2D eigenvalue weighted by Gasteiger charge is 2.15. The van der Waals surface area contributed by atoms with E-state index in [2.05, 4.69) is 20.9 Å². The van der Waals surface area contributed by atoms with Gasteiger partial charge in [0.1, 0.15) is 0 Å². The van der Waals surface area contributed by atoms with Crippen molar-refractivity contribution in [2.24, 2.45) is 5.84 Å². The van der Waals surface area contributed by atoms with E-state index >= 15 is 0 Å². The number of nitrogens with two attached hydrogens (primary N) is 1. The van der Waals surface area contributed by atoms with Crippen molar-refractivity contribution in [3.8, 4) is 5.69 Å². The molecule has 21 heavy (non-hydrogen) atoms. The maximum absolute atomic E-state index is 5.68. The van der Waals surface area contributed by atoms with E-state index < -0.39 is 0 Å². The molecule has 2 aromatic heterocycles. The van der Waals surface area contributed by atoms with E-state index in [-0.39, 0.29) is 6.04 Å². The second-order valence-electron chi connectivity index (χ2n) is 4.80. The van der Waals surface area contributed by atoms with Gasteiger partial charge < -0.3 is 0 Å². The number of nitrogens with one attached hydrogen (secondary N) is 1. The molecular weight excluding hydrogens is 282 g/mol. The first-order valence-electron chi connectivity index (χ1n) is 6.74. The number of hydrogen-bond donors (Lipinski definition) is 2. The first-order valence-corrected chi connectivity index (χ1v) is 7.62. The van der Waals surface area contributed by atoms with Crippen molar-refractivity contribution in [3.63, 3.8) is 0 Å². The third kappa shape index (κ3) is 3.18. The van der Waals surface area contributed by atoms with Gasteiger partial charge in [0, 0.05) is 18.0 Å². The molecule has 0 aliphatic carbocycles. The minimum absolute atomic E-state index is 0.0449. The molecule has 0 bridgehead atoms. The normalized spacial score (nSPS) is 12.5. The van der Waals surface area contributed by atoms with Crippen LogP contribution >= 0.6 is 11.3 Å². The average molecular weight is 299 g/mol. The molecule has 2 heterocycles. The number of hydrogen-bond acceptors (Lipinski definition) is 5. The number of thiazole rings is 1. The van der Waals surface area contributed by atoms with Gasteiger partial charge in [0.05, 0.1) is 28.1 Å². The molecule has 0 spiro atoms. The van der Waals surface area contributed by atoms with Crippen molar-refractivity contribution in [3.05, 3.63) is 64.4 Å². The Kier molecular flexibility index (Phi) is 4.10. The summed E-state index contributed by atoms with van der Waals surface area (Å²) < 4.78 is 1.85. The zero-order valence-corrected chi connectivity index (χ0v) is 12.5. The lowest BCUT2D eigenvalue weighted by molar-refractivity contribution is 0.529. The summed E-state index contributed by atoms with van der Waals surface area (Å²) >= 11 is 1.65. The fourth-order valence-electron chi connectivity index (χ4n) is 2.21. The minimum Gasteiger partial charge on any atom is -0.271 e. The van der Waals surface area contributed by atoms with Gasteiger partial charge in [-0.3, -0.25) is 11.3 Å². The van der Waals surface area contributed by atoms with Gasteiger partial charge in [0.2, 0.25) is 0 Å². The van der Waals surface area contributed by atoms with Gasteiger partial charge in [-0.05, 0) is 25.1 Å². The fourth-order valence-corrected chi connectivity index (χ4v) is 2.83. The molecule has 0 saturated carbocycles. The molecule has 0 fully saturated rings. The molecular formula is C15H17N5S. The van der Waals surface area contributed by atoms with Crippen LogP contribution in [0.3, 0.4) is 0 Å². The SMILES string of the molecule is Cc1nc(CC(NN)c2ccn(-c3ccccc3)n2)cs1. The largest absolute Gasteiger partial charge is 0.271 e. The van der Waals surface area contributed by atoms with E-state index in [1.165, 1.54) is 0 Å². The smallest absolute Gasteiger partial charge is 0.0897 e. The highest BCUT2D eigenvalue weighted by molar-refractivity contribution is 7.09. The molecule has 3 aromatic rings. The summed E-state index contributed by atoms with van der Waals surface area (Å²) in [5.41, 5.74) is 5.81. The zero-order chi connectivity index (χ0) is 14.7. The molecule has 108 valence electrons. The number of aromatic nitrogens is 3. The molecule has 0 saturated heterocycles. The Bertz CT molecular complexity index is 704. The number of benzene rings is 1. The molecule has 5 nitrogen and oxygen atoms in total. The summed E-state index contributed by atoms with van der Waals surface area (Å²) in [4.78, 5) is 4.48. The lowest BCUT2D eigenvalue weighted by Crippen LogP contribution is -2.30. The number of hydrazine groups is 1. The molecule has 1 aromatic carbocycles. The van der Waals surface area contributed by atoms with Crippen LogP contribution in [-0.2, 0) is 6.42 Å². The van der Waals surface area contributed by atoms with Gasteiger partial charge in [0.15, 0.2) is 0 Å². The van der Waals surface area contributed by atoms with Crippen molar-refractivity contribution < 1.29 is 0 Å². The summed E-state index contributed by atoms with van der Waals surface area (Å²) in [6.45, 7) is 2.00. The Hall–Kier alpha value is -2.02. The van der Waals surface area contributed by atoms with Gasteiger partial charge >= 0.3 is 0 Å². The van der Waals surface area contributed by atoms with Crippen molar-refractivity contribution in [2.75, 3.05) is 0 Å². The van der Waals surface area contributed by atoms with E-state index in [4.69, 9.17) is 5.84 Å². The van der Waals surface area contributed by atoms with Crippen LogP contribution in [-0.4, -0.2) is 14.8 Å². The Morgan fingerprint density at radius 2 is 2.10 bits per heavy atom. The maximum atomic E-state index is 5.68. The number of nitrogens with zero attached hydrogens (tertiary/aromatic N) is 3. The Morgan fingerprint density at radius 1 is 1.29 bits per heavy atom. The summed E-state index contributed by atoms with van der Waals surface area (Å²) in [6.07, 6.45) is 2.67. The first-order chi connectivity index (χ1) is 10.3. The van der Waals surface area contributed by atoms with E-state index in [1.807, 2.05) is 54.2 Å². The quantitative estimate of drug-likeness (QED) is 0.560. The highest BCUT2D eigenvalue weighted by atomic mass is 32.1. The zero-order valence-electron chi connectivity index (χ0n) is 11.7. The van der Waals surface area contributed by atoms with Gasteiger partial charge in [-0.2, -0.15) is 5.10 Å². The van der Waals surface area contributed by atoms with Crippen molar-refractivity contribution in [1.82, 2.24) is 20.2 Å². The maximum Gasteiger partial charge on any atom is 0.0897 e. The monoisotopic (exact) mass is 299 g/mol. The van der Waals surface area contributed by atoms with Crippen LogP contribution in [0.2, 0.25) is 0 Å². The molecule has 3 N–H and O–H groups in total. The van der Waals surface area contributed by atoms with Crippen LogP contribution in [0.4, 0.5) is 0 Å². The minimum atomic E-state index is -0.0449. The van der Waals surface area contributed by atoms with E-state index in [0.29, 0.717) is 0 Å². The fraction of sp³-hybridized carbons (Fsp3) is 0.200. The molecule has 0 aliphatic rings. The van der Waals surface area contributed by atoms with Gasteiger partial charge in [-0.15, -0.1) is 11.3 Å². The van der Waals surface area contributed by atoms with Crippen LogP contribution in [0.25, 0.3) is 5.69 Å². The molecule has 1 unspecified atom stereocenters. The topological polar surface area (TPSA) is 68.8 Å². The van der Waals surface area contributed by atoms with Crippen LogP contribution in [0.5, 0.6) is 0 Å². The third-order valence-electron chi connectivity index (χ3n) is 3.27. The average Bonchev–Trinajstić information content (AvgIpc) is 3.15. The second kappa shape index (κ2) is 6.17. The van der Waals surface area contributed by atoms with E-state index in [0.717, 1.165) is 28.5 Å². The Morgan fingerprint density at radius 3 is 2.76 bits per heavy atom. The van der Waals surface area contributed by atoms with E-state index in [1.54, 1.807) is 11.3 Å². The van der Waals surface area contributed by atoms with Gasteiger partial charge in [-0.25, -0.2) is 9.67 Å². The lowest BCUT2D eigenvalue weighted by atomic mass is 10.1. The molecule has 0 aliphatic heterocycles. The molecule has 3 rings (SSSR count). The van der Waals surface area contributed by atoms with Crippen LogP contribution in [0, 0.1) is 6.92 Å². The van der Waals surface area contributed by atoms with Crippen LogP contribution < -0.4 is 11.3 Å². The molecule has 1 atom stereocenters. The van der Waals surface area contributed by atoms with Crippen molar-refractivity contribution >= 4 is 11.3 Å². The molecule has 0 radical (unpaired) electrons. The predicted molar refractivity (Wildman–Crippen MR) is 84.2 cm³/mol. The number of para-hydroxylation sites is 1. The summed E-state index contributed by atoms with van der Waals surface area (Å²) in [6, 6.07) is 12.0. The summed E-state index contributed by atoms with van der Waals surface area (Å²) in [7, 11) is 0. The standard InChI is InChI=1S/C15H17N5S/c1-11-17-12(10-21-11)9-15(18-16)14-7-8-20(19-14)13-5-3-2-4-6-13/h2-8,10,15,18H,9,16H2,1H3. The van der Waals surface area contributed by atoms with E-state index in [9.17, 15) is 0 Å². The summed E-state index contributed by atoms with van der Waals surface area (Å²) in [5, 5.41) is 7.73.